The molecule has 2 aliphatic heterocycles. The monoisotopic (exact) mass is 416 g/mol. The number of sulfone groups is 2. The van der Waals surface area contributed by atoms with Gasteiger partial charge >= 0.3 is 0 Å². The molecule has 0 bridgehead atoms. The van der Waals surface area contributed by atoms with Gasteiger partial charge in [0.1, 0.15) is 0 Å². The van der Waals surface area contributed by atoms with Crippen LogP contribution in [-0.2, 0) is 24.4 Å². The summed E-state index contributed by atoms with van der Waals surface area (Å²) in [6.45, 7) is 4.33. The van der Waals surface area contributed by atoms with Crippen LogP contribution in [0.1, 0.15) is 16.8 Å². The van der Waals surface area contributed by atoms with Crippen LogP contribution in [0.3, 0.4) is 0 Å². The number of rotatable bonds is 6. The highest BCUT2D eigenvalue weighted by atomic mass is 32.2. The molecular weight excluding hydrogens is 392 g/mol. The Bertz CT molecular complexity index is 875. The maximum Gasteiger partial charge on any atom is 0.251 e. The largest absolute Gasteiger partial charge is 0.379 e. The molecule has 1 aromatic carbocycles. The van der Waals surface area contributed by atoms with Crippen LogP contribution in [-0.4, -0.2) is 83.8 Å². The summed E-state index contributed by atoms with van der Waals surface area (Å²) in [7, 11) is -7.00. The van der Waals surface area contributed by atoms with Crippen LogP contribution in [0.2, 0.25) is 0 Å². The van der Waals surface area contributed by atoms with Gasteiger partial charge in [0.2, 0.25) is 0 Å². The Hall–Kier alpha value is -1.49. The summed E-state index contributed by atoms with van der Waals surface area (Å²) in [5, 5.41) is 1.91. The third-order valence-electron chi connectivity index (χ3n) is 4.89. The fourth-order valence-corrected chi connectivity index (χ4v) is 7.61. The van der Waals surface area contributed by atoms with E-state index in [0.717, 1.165) is 19.6 Å². The summed E-state index contributed by atoms with van der Waals surface area (Å²) < 4.78 is 53.5. The van der Waals surface area contributed by atoms with Crippen molar-refractivity contribution in [2.75, 3.05) is 50.9 Å². The Morgan fingerprint density at radius 1 is 1.19 bits per heavy atom. The van der Waals surface area contributed by atoms with Crippen molar-refractivity contribution in [2.45, 2.75) is 16.6 Å². The lowest BCUT2D eigenvalue weighted by molar-refractivity contribution is 0.0383. The maximum atomic E-state index is 12.6. The number of ether oxygens (including phenoxy) is 1. The SMILES string of the molecule is O=C(NCCN1CCOCC1)c1ccc(S(=O)(=O)C2CCS(=O)(=O)C2)cc1. The fraction of sp³-hybridized carbons (Fsp3) is 0.588. The van der Waals surface area contributed by atoms with Crippen molar-refractivity contribution in [3.63, 3.8) is 0 Å². The summed E-state index contributed by atoms with van der Waals surface area (Å²) >= 11 is 0. The van der Waals surface area contributed by atoms with E-state index >= 15 is 0 Å². The van der Waals surface area contributed by atoms with E-state index in [1.165, 1.54) is 24.3 Å². The zero-order chi connectivity index (χ0) is 19.5. The molecule has 0 aliphatic carbocycles. The molecule has 150 valence electrons. The Balaban J connectivity index is 1.57. The second kappa shape index (κ2) is 8.26. The zero-order valence-electron chi connectivity index (χ0n) is 15.0. The van der Waals surface area contributed by atoms with E-state index < -0.39 is 24.9 Å². The molecule has 1 aromatic rings. The van der Waals surface area contributed by atoms with Gasteiger partial charge in [0, 0.05) is 31.7 Å². The summed E-state index contributed by atoms with van der Waals surface area (Å²) in [5.74, 6) is -0.699. The molecule has 2 fully saturated rings. The van der Waals surface area contributed by atoms with Crippen LogP contribution >= 0.6 is 0 Å². The van der Waals surface area contributed by atoms with Crippen molar-refractivity contribution in [3.05, 3.63) is 29.8 Å². The summed E-state index contributed by atoms with van der Waals surface area (Å²) in [6.07, 6.45) is 0.119. The van der Waals surface area contributed by atoms with Crippen molar-refractivity contribution >= 4 is 25.6 Å². The molecule has 2 saturated heterocycles. The van der Waals surface area contributed by atoms with E-state index in [9.17, 15) is 21.6 Å². The lowest BCUT2D eigenvalue weighted by Gasteiger charge is -2.26. The van der Waals surface area contributed by atoms with E-state index in [1.807, 2.05) is 0 Å². The standard InChI is InChI=1S/C17H24N2O6S2/c20-17(18-6-7-19-8-10-25-11-9-19)14-1-3-15(4-2-14)27(23,24)16-5-12-26(21,22)13-16/h1-4,16H,5-13H2,(H,18,20). The van der Waals surface area contributed by atoms with Gasteiger partial charge in [0.25, 0.3) is 5.91 Å². The first-order valence-corrected chi connectivity index (χ1v) is 12.3. The molecule has 10 heteroatoms. The van der Waals surface area contributed by atoms with E-state index in [2.05, 4.69) is 10.2 Å². The second-order valence-corrected chi connectivity index (χ2v) is 11.3. The summed E-state index contributed by atoms with van der Waals surface area (Å²) in [5.41, 5.74) is 0.370. The Morgan fingerprint density at radius 3 is 2.44 bits per heavy atom. The zero-order valence-corrected chi connectivity index (χ0v) is 16.6. The van der Waals surface area contributed by atoms with Crippen LogP contribution in [0.15, 0.2) is 29.2 Å². The molecule has 0 saturated carbocycles. The predicted octanol–water partition coefficient (Wildman–Crippen LogP) is -0.291. The number of morpholine rings is 1. The van der Waals surface area contributed by atoms with Crippen molar-refractivity contribution < 1.29 is 26.4 Å². The van der Waals surface area contributed by atoms with Crippen molar-refractivity contribution in [1.29, 1.82) is 0 Å². The number of nitrogens with one attached hydrogen (secondary N) is 1. The molecule has 1 amide bonds. The summed E-state index contributed by atoms with van der Waals surface area (Å²) in [6, 6.07) is 5.66. The van der Waals surface area contributed by atoms with Gasteiger partial charge in [0.05, 0.1) is 34.9 Å². The lowest BCUT2D eigenvalue weighted by Crippen LogP contribution is -2.41. The first kappa shape index (κ1) is 20.2. The molecule has 2 aliphatic rings. The predicted molar refractivity (Wildman–Crippen MR) is 100 cm³/mol. The minimum atomic E-state index is -3.71. The van der Waals surface area contributed by atoms with Crippen molar-refractivity contribution in [1.82, 2.24) is 10.2 Å². The highest BCUT2D eigenvalue weighted by molar-refractivity contribution is 7.96. The molecular formula is C17H24N2O6S2. The molecule has 27 heavy (non-hydrogen) atoms. The maximum absolute atomic E-state index is 12.6. The minimum Gasteiger partial charge on any atom is -0.379 e. The van der Waals surface area contributed by atoms with Gasteiger partial charge in [-0.05, 0) is 30.7 Å². The van der Waals surface area contributed by atoms with Gasteiger partial charge in [-0.1, -0.05) is 0 Å². The molecule has 1 unspecified atom stereocenters. The first-order valence-electron chi connectivity index (χ1n) is 8.91. The molecule has 1 atom stereocenters. The molecule has 0 spiro atoms. The van der Waals surface area contributed by atoms with Gasteiger partial charge in [0.15, 0.2) is 19.7 Å². The lowest BCUT2D eigenvalue weighted by atomic mass is 10.2. The van der Waals surface area contributed by atoms with Crippen LogP contribution in [0, 0.1) is 0 Å². The quantitative estimate of drug-likeness (QED) is 0.678. The molecule has 0 radical (unpaired) electrons. The van der Waals surface area contributed by atoms with Crippen LogP contribution in [0.25, 0.3) is 0 Å². The van der Waals surface area contributed by atoms with Crippen LogP contribution in [0.5, 0.6) is 0 Å². The summed E-state index contributed by atoms with van der Waals surface area (Å²) in [4.78, 5) is 14.5. The highest BCUT2D eigenvalue weighted by Crippen LogP contribution is 2.25. The minimum absolute atomic E-state index is 0.0504. The molecule has 3 rings (SSSR count). The van der Waals surface area contributed by atoms with Gasteiger partial charge in [-0.25, -0.2) is 16.8 Å². The number of amides is 1. The third kappa shape index (κ3) is 5.07. The number of hydrogen-bond acceptors (Lipinski definition) is 7. The molecule has 8 nitrogen and oxygen atoms in total. The van der Waals surface area contributed by atoms with Crippen molar-refractivity contribution in [2.24, 2.45) is 0 Å². The Morgan fingerprint density at radius 2 is 1.85 bits per heavy atom. The normalized spacial score (nSPS) is 23.2. The second-order valence-electron chi connectivity index (χ2n) is 6.80. The van der Waals surface area contributed by atoms with E-state index in [1.54, 1.807) is 0 Å². The topological polar surface area (TPSA) is 110 Å². The van der Waals surface area contributed by atoms with E-state index in [4.69, 9.17) is 4.74 Å². The van der Waals surface area contributed by atoms with Gasteiger partial charge in [-0.15, -0.1) is 0 Å². The molecule has 2 heterocycles. The number of carbonyl (C=O) groups excluding carboxylic acids is 1. The van der Waals surface area contributed by atoms with Crippen LogP contribution in [0.4, 0.5) is 0 Å². The van der Waals surface area contributed by atoms with Crippen molar-refractivity contribution in [3.8, 4) is 0 Å². The smallest absolute Gasteiger partial charge is 0.251 e. The average Bonchev–Trinajstić information content (AvgIpc) is 3.03. The van der Waals surface area contributed by atoms with Gasteiger partial charge in [-0.2, -0.15) is 0 Å². The fourth-order valence-electron chi connectivity index (χ4n) is 3.25. The molecule has 1 N–H and O–H groups in total. The number of benzene rings is 1. The van der Waals surface area contributed by atoms with E-state index in [0.29, 0.717) is 25.3 Å². The van der Waals surface area contributed by atoms with Gasteiger partial charge < -0.3 is 10.1 Å². The van der Waals surface area contributed by atoms with E-state index in [-0.39, 0.29) is 28.7 Å². The van der Waals surface area contributed by atoms with Gasteiger partial charge in [-0.3, -0.25) is 9.69 Å². The number of carbonyl (C=O) groups is 1. The number of hydrogen-bond donors (Lipinski definition) is 1. The first-order chi connectivity index (χ1) is 12.8. The Kier molecular flexibility index (Phi) is 6.19. The highest BCUT2D eigenvalue weighted by Gasteiger charge is 2.37. The molecule has 0 aromatic heterocycles. The average molecular weight is 417 g/mol. The third-order valence-corrected chi connectivity index (χ3v) is 9.08. The van der Waals surface area contributed by atoms with Crippen LogP contribution < -0.4 is 5.32 Å². The number of nitrogens with zero attached hydrogens (tertiary/aromatic N) is 1. The Labute approximate surface area is 159 Å².